The molecule has 1 fully saturated rings. The van der Waals surface area contributed by atoms with Gasteiger partial charge in [0.1, 0.15) is 5.75 Å². The SMILES string of the molecule is CCCCCCC[C@@H](O)c1cccc(CN2CCC(COc3cccc(C(=O)c4ccc(Cl)cc4)c3)CC2)c1. The third kappa shape index (κ3) is 9.20. The lowest BCUT2D eigenvalue weighted by molar-refractivity contribution is 0.103. The summed E-state index contributed by atoms with van der Waals surface area (Å²) in [5.74, 6) is 1.20. The average molecular weight is 548 g/mol. The Bertz CT molecular complexity index is 1170. The van der Waals surface area contributed by atoms with Crippen LogP contribution in [0.25, 0.3) is 0 Å². The molecule has 1 aliphatic rings. The quantitative estimate of drug-likeness (QED) is 0.163. The molecule has 39 heavy (non-hydrogen) atoms. The smallest absolute Gasteiger partial charge is 0.193 e. The van der Waals surface area contributed by atoms with Crippen LogP contribution in [0.3, 0.4) is 0 Å². The van der Waals surface area contributed by atoms with Crippen molar-refractivity contribution >= 4 is 17.4 Å². The summed E-state index contributed by atoms with van der Waals surface area (Å²) in [5.41, 5.74) is 3.55. The summed E-state index contributed by atoms with van der Waals surface area (Å²) >= 11 is 5.95. The molecule has 4 nitrogen and oxygen atoms in total. The van der Waals surface area contributed by atoms with Crippen LogP contribution in [0.1, 0.15) is 91.4 Å². The summed E-state index contributed by atoms with van der Waals surface area (Å²) in [4.78, 5) is 15.3. The van der Waals surface area contributed by atoms with Gasteiger partial charge in [0.15, 0.2) is 5.78 Å². The molecule has 1 heterocycles. The molecule has 0 radical (unpaired) electrons. The van der Waals surface area contributed by atoms with Crippen LogP contribution >= 0.6 is 11.6 Å². The van der Waals surface area contributed by atoms with E-state index < -0.39 is 0 Å². The van der Waals surface area contributed by atoms with Gasteiger partial charge in [-0.15, -0.1) is 0 Å². The van der Waals surface area contributed by atoms with Gasteiger partial charge in [0.05, 0.1) is 12.7 Å². The molecular weight excluding hydrogens is 506 g/mol. The second kappa shape index (κ2) is 15.2. The normalized spacial score (nSPS) is 15.3. The van der Waals surface area contributed by atoms with Crippen molar-refractivity contribution in [2.75, 3.05) is 19.7 Å². The predicted octanol–water partition coefficient (Wildman–Crippen LogP) is 8.26. The minimum atomic E-state index is -0.366. The molecule has 1 N–H and O–H groups in total. The summed E-state index contributed by atoms with van der Waals surface area (Å²) < 4.78 is 6.12. The van der Waals surface area contributed by atoms with E-state index in [9.17, 15) is 9.90 Å². The number of likely N-dealkylation sites (tertiary alicyclic amines) is 1. The number of aliphatic hydroxyl groups excluding tert-OH is 1. The molecule has 4 rings (SSSR count). The largest absolute Gasteiger partial charge is 0.493 e. The second-order valence-corrected chi connectivity index (χ2v) is 11.3. The zero-order valence-electron chi connectivity index (χ0n) is 23.2. The lowest BCUT2D eigenvalue weighted by Crippen LogP contribution is -2.35. The third-order valence-electron chi connectivity index (χ3n) is 7.72. The number of hydrogen-bond acceptors (Lipinski definition) is 4. The van der Waals surface area contributed by atoms with Crippen LogP contribution in [-0.2, 0) is 6.54 Å². The van der Waals surface area contributed by atoms with Gasteiger partial charge in [-0.25, -0.2) is 0 Å². The van der Waals surface area contributed by atoms with Gasteiger partial charge in [-0.2, -0.15) is 0 Å². The average Bonchev–Trinajstić information content (AvgIpc) is 2.97. The number of rotatable bonds is 14. The van der Waals surface area contributed by atoms with Gasteiger partial charge < -0.3 is 9.84 Å². The highest BCUT2D eigenvalue weighted by Crippen LogP contribution is 2.25. The van der Waals surface area contributed by atoms with Crippen molar-refractivity contribution in [3.8, 4) is 5.75 Å². The Kier molecular flexibility index (Phi) is 11.4. The van der Waals surface area contributed by atoms with Crippen molar-refractivity contribution in [3.05, 3.63) is 100 Å². The number of benzene rings is 3. The van der Waals surface area contributed by atoms with Crippen LogP contribution < -0.4 is 4.74 Å². The third-order valence-corrected chi connectivity index (χ3v) is 7.97. The number of hydrogen-bond donors (Lipinski definition) is 1. The van der Waals surface area contributed by atoms with Gasteiger partial charge in [-0.05, 0) is 85.8 Å². The minimum absolute atomic E-state index is 0.0333. The number of piperidine rings is 1. The molecule has 0 aliphatic carbocycles. The highest BCUT2D eigenvalue weighted by molar-refractivity contribution is 6.30. The first-order valence-electron chi connectivity index (χ1n) is 14.5. The van der Waals surface area contributed by atoms with E-state index in [4.69, 9.17) is 16.3 Å². The van der Waals surface area contributed by atoms with Crippen molar-refractivity contribution in [3.63, 3.8) is 0 Å². The number of aliphatic hydroxyl groups is 1. The van der Waals surface area contributed by atoms with E-state index in [0.717, 1.165) is 56.6 Å². The lowest BCUT2D eigenvalue weighted by Gasteiger charge is -2.32. The summed E-state index contributed by atoms with van der Waals surface area (Å²) in [7, 11) is 0. The lowest BCUT2D eigenvalue weighted by atomic mass is 9.96. The summed E-state index contributed by atoms with van der Waals surface area (Å²) in [5, 5.41) is 11.3. The van der Waals surface area contributed by atoms with Crippen molar-refractivity contribution in [1.29, 1.82) is 0 Å². The van der Waals surface area contributed by atoms with E-state index in [-0.39, 0.29) is 11.9 Å². The Morgan fingerprint density at radius 2 is 1.69 bits per heavy atom. The molecule has 1 aliphatic heterocycles. The van der Waals surface area contributed by atoms with Gasteiger partial charge in [-0.1, -0.05) is 87.0 Å². The van der Waals surface area contributed by atoms with Crippen LogP contribution in [0, 0.1) is 5.92 Å². The van der Waals surface area contributed by atoms with Crippen LogP contribution in [0.2, 0.25) is 5.02 Å². The molecule has 0 bridgehead atoms. The van der Waals surface area contributed by atoms with E-state index in [1.54, 1.807) is 24.3 Å². The first kappa shape index (κ1) is 29.3. The van der Waals surface area contributed by atoms with E-state index in [1.807, 2.05) is 24.3 Å². The van der Waals surface area contributed by atoms with Crippen LogP contribution in [0.4, 0.5) is 0 Å². The molecule has 0 saturated carbocycles. The standard InChI is InChI=1S/C34H42ClNO3/c1-2-3-4-5-6-13-33(37)29-10-7-9-27(22-29)24-36-20-18-26(19-21-36)25-39-32-12-8-11-30(23-32)34(38)28-14-16-31(35)17-15-28/h7-12,14-17,22-23,26,33,37H,2-6,13,18-21,24-25H2,1H3/t33-/m1/s1. The van der Waals surface area contributed by atoms with Gasteiger partial charge in [0, 0.05) is 22.7 Å². The molecule has 0 spiro atoms. The Labute approximate surface area is 239 Å². The predicted molar refractivity (Wildman–Crippen MR) is 160 cm³/mol. The Morgan fingerprint density at radius 1 is 0.949 bits per heavy atom. The molecule has 1 atom stereocenters. The van der Waals surface area contributed by atoms with Crippen molar-refractivity contribution in [2.24, 2.45) is 5.92 Å². The summed E-state index contributed by atoms with van der Waals surface area (Å²) in [6.45, 7) is 5.87. The fraction of sp³-hybridized carbons (Fsp3) is 0.441. The van der Waals surface area contributed by atoms with E-state index in [2.05, 4.69) is 36.1 Å². The van der Waals surface area contributed by atoms with Gasteiger partial charge in [-0.3, -0.25) is 9.69 Å². The van der Waals surface area contributed by atoms with E-state index in [0.29, 0.717) is 28.7 Å². The van der Waals surface area contributed by atoms with Crippen molar-refractivity contribution in [1.82, 2.24) is 4.90 Å². The van der Waals surface area contributed by atoms with E-state index in [1.165, 1.54) is 31.2 Å². The molecular formula is C34H42ClNO3. The second-order valence-electron chi connectivity index (χ2n) is 10.9. The molecule has 0 amide bonds. The number of ether oxygens (including phenoxy) is 1. The van der Waals surface area contributed by atoms with Crippen LogP contribution in [-0.4, -0.2) is 35.5 Å². The van der Waals surface area contributed by atoms with Crippen LogP contribution in [0.5, 0.6) is 5.75 Å². The molecule has 208 valence electrons. The summed E-state index contributed by atoms with van der Waals surface area (Å²) in [6.07, 6.45) is 8.74. The maximum atomic E-state index is 12.8. The maximum Gasteiger partial charge on any atom is 0.193 e. The van der Waals surface area contributed by atoms with E-state index >= 15 is 0 Å². The fourth-order valence-electron chi connectivity index (χ4n) is 5.29. The number of carbonyl (C=O) groups is 1. The van der Waals surface area contributed by atoms with Crippen LogP contribution in [0.15, 0.2) is 72.8 Å². The number of nitrogens with zero attached hydrogens (tertiary/aromatic N) is 1. The van der Waals surface area contributed by atoms with Crippen molar-refractivity contribution < 1.29 is 14.6 Å². The molecule has 5 heteroatoms. The highest BCUT2D eigenvalue weighted by Gasteiger charge is 2.20. The number of unbranched alkanes of at least 4 members (excludes halogenated alkanes) is 4. The first-order chi connectivity index (χ1) is 19.0. The number of halogens is 1. The Balaban J connectivity index is 1.21. The highest BCUT2D eigenvalue weighted by atomic mass is 35.5. The maximum absolute atomic E-state index is 12.8. The molecule has 0 aromatic heterocycles. The first-order valence-corrected chi connectivity index (χ1v) is 14.9. The number of ketones is 1. The van der Waals surface area contributed by atoms with Gasteiger partial charge in [0.2, 0.25) is 0 Å². The molecule has 3 aromatic rings. The fourth-order valence-corrected chi connectivity index (χ4v) is 5.41. The summed E-state index contributed by atoms with van der Waals surface area (Å²) in [6, 6.07) is 22.9. The molecule has 0 unspecified atom stereocenters. The Hall–Kier alpha value is -2.66. The monoisotopic (exact) mass is 547 g/mol. The zero-order valence-corrected chi connectivity index (χ0v) is 23.9. The zero-order chi connectivity index (χ0) is 27.5. The number of carbonyl (C=O) groups excluding carboxylic acids is 1. The molecule has 1 saturated heterocycles. The Morgan fingerprint density at radius 3 is 2.46 bits per heavy atom. The molecule has 3 aromatic carbocycles. The van der Waals surface area contributed by atoms with Crippen molar-refractivity contribution in [2.45, 2.75) is 70.9 Å². The minimum Gasteiger partial charge on any atom is -0.493 e. The van der Waals surface area contributed by atoms with Gasteiger partial charge >= 0.3 is 0 Å². The topological polar surface area (TPSA) is 49.8 Å². The van der Waals surface area contributed by atoms with Gasteiger partial charge in [0.25, 0.3) is 0 Å².